The number of fused-ring (bicyclic) bond motifs is 1. The number of aromatic nitrogens is 2. The van der Waals surface area contributed by atoms with Crippen LogP contribution in [-0.4, -0.2) is 21.7 Å². The van der Waals surface area contributed by atoms with Gasteiger partial charge < -0.3 is 9.30 Å². The van der Waals surface area contributed by atoms with E-state index in [9.17, 15) is 13.2 Å². The molecule has 7 heteroatoms. The molecule has 0 atom stereocenters. The number of thioether (sulfide) groups is 1. The first-order valence-electron chi connectivity index (χ1n) is 9.96. The van der Waals surface area contributed by atoms with Crippen molar-refractivity contribution in [1.82, 2.24) is 9.55 Å². The number of halogens is 3. The van der Waals surface area contributed by atoms with E-state index in [1.165, 1.54) is 17.0 Å². The fourth-order valence-electron chi connectivity index (χ4n) is 3.36. The van der Waals surface area contributed by atoms with Crippen molar-refractivity contribution in [2.45, 2.75) is 31.1 Å². The minimum Gasteiger partial charge on any atom is -0.406 e. The molecule has 0 spiro atoms. The third-order valence-corrected chi connectivity index (χ3v) is 5.92. The molecule has 0 unspecified atom stereocenters. The van der Waals surface area contributed by atoms with Gasteiger partial charge in [0.1, 0.15) is 11.6 Å². The van der Waals surface area contributed by atoms with E-state index in [4.69, 9.17) is 4.98 Å². The molecule has 0 amide bonds. The Bertz CT molecular complexity index is 1160. The van der Waals surface area contributed by atoms with Gasteiger partial charge in [-0.1, -0.05) is 49.4 Å². The van der Waals surface area contributed by atoms with Gasteiger partial charge in [0.2, 0.25) is 0 Å². The van der Waals surface area contributed by atoms with Crippen molar-refractivity contribution in [3.63, 3.8) is 0 Å². The van der Waals surface area contributed by atoms with Gasteiger partial charge in [-0.15, -0.1) is 24.9 Å². The Hall–Kier alpha value is -2.93. The van der Waals surface area contributed by atoms with Crippen LogP contribution in [-0.2, 0) is 6.54 Å². The summed E-state index contributed by atoms with van der Waals surface area (Å²) in [5.74, 6) is 1.63. The Morgan fingerprint density at radius 3 is 2.39 bits per heavy atom. The molecule has 0 aliphatic heterocycles. The van der Waals surface area contributed by atoms with Crippen LogP contribution in [0, 0.1) is 0 Å². The first kappa shape index (κ1) is 21.3. The number of hydrogen-bond donors (Lipinski definition) is 0. The van der Waals surface area contributed by atoms with E-state index in [1.54, 1.807) is 23.9 Å². The smallest absolute Gasteiger partial charge is 0.406 e. The van der Waals surface area contributed by atoms with Gasteiger partial charge in [-0.25, -0.2) is 4.98 Å². The summed E-state index contributed by atoms with van der Waals surface area (Å²) in [5.41, 5.74) is 3.73. The highest BCUT2D eigenvalue weighted by Crippen LogP contribution is 2.30. The van der Waals surface area contributed by atoms with Gasteiger partial charge in [-0.3, -0.25) is 0 Å². The highest BCUT2D eigenvalue weighted by molar-refractivity contribution is 7.99. The minimum absolute atomic E-state index is 0.228. The second kappa shape index (κ2) is 9.06. The zero-order chi connectivity index (χ0) is 21.8. The van der Waals surface area contributed by atoms with E-state index in [0.29, 0.717) is 6.54 Å². The van der Waals surface area contributed by atoms with E-state index < -0.39 is 6.36 Å². The molecule has 0 aliphatic carbocycles. The van der Waals surface area contributed by atoms with Crippen molar-refractivity contribution < 1.29 is 17.9 Å². The third kappa shape index (κ3) is 5.22. The lowest BCUT2D eigenvalue weighted by Gasteiger charge is -2.12. The average Bonchev–Trinajstić information content (AvgIpc) is 3.11. The van der Waals surface area contributed by atoms with Gasteiger partial charge in [0.25, 0.3) is 0 Å². The standard InChI is InChI=1S/C24H21F3N2OS/c1-2-14-31-20-12-13-21-22(15-20)29(23(28-21)18-6-4-3-5-7-18)16-17-8-10-19(11-9-17)30-24(25,26)27/h3-13,15H,2,14,16H2,1H3. The molecule has 0 bridgehead atoms. The summed E-state index contributed by atoms with van der Waals surface area (Å²) in [6.45, 7) is 2.63. The lowest BCUT2D eigenvalue weighted by Crippen LogP contribution is -2.17. The summed E-state index contributed by atoms with van der Waals surface area (Å²) >= 11 is 1.80. The number of ether oxygens (including phenoxy) is 1. The van der Waals surface area contributed by atoms with Crippen molar-refractivity contribution in [2.75, 3.05) is 5.75 Å². The molecule has 1 aromatic heterocycles. The molecule has 4 aromatic rings. The molecule has 0 N–H and O–H groups in total. The SMILES string of the molecule is CCCSc1ccc2nc(-c3ccccc3)n(Cc3ccc(OC(F)(F)F)cc3)c2c1. The number of imidazole rings is 1. The quantitative estimate of drug-likeness (QED) is 0.284. The number of hydrogen-bond acceptors (Lipinski definition) is 3. The van der Waals surface area contributed by atoms with Crippen molar-refractivity contribution in [2.24, 2.45) is 0 Å². The van der Waals surface area contributed by atoms with Gasteiger partial charge in [-0.2, -0.15) is 0 Å². The second-order valence-electron chi connectivity index (χ2n) is 7.08. The molecule has 31 heavy (non-hydrogen) atoms. The number of alkyl halides is 3. The van der Waals surface area contributed by atoms with Gasteiger partial charge in [0.05, 0.1) is 11.0 Å². The Morgan fingerprint density at radius 2 is 1.71 bits per heavy atom. The van der Waals surface area contributed by atoms with Crippen LogP contribution < -0.4 is 4.74 Å². The highest BCUT2D eigenvalue weighted by Gasteiger charge is 2.31. The summed E-state index contributed by atoms with van der Waals surface area (Å²) in [5, 5.41) is 0. The maximum absolute atomic E-state index is 12.5. The van der Waals surface area contributed by atoms with Gasteiger partial charge in [0.15, 0.2) is 0 Å². The molecule has 0 saturated heterocycles. The Kier molecular flexibility index (Phi) is 6.23. The van der Waals surface area contributed by atoms with Crippen LogP contribution in [0.1, 0.15) is 18.9 Å². The Balaban J connectivity index is 1.73. The summed E-state index contributed by atoms with van der Waals surface area (Å²) in [4.78, 5) is 6.02. The molecule has 4 rings (SSSR count). The van der Waals surface area contributed by atoms with Crippen LogP contribution in [0.2, 0.25) is 0 Å². The van der Waals surface area contributed by atoms with E-state index in [-0.39, 0.29) is 5.75 Å². The number of benzene rings is 3. The molecule has 1 heterocycles. The largest absolute Gasteiger partial charge is 0.573 e. The Labute approximate surface area is 182 Å². The van der Waals surface area contributed by atoms with E-state index in [1.807, 2.05) is 36.4 Å². The number of rotatable bonds is 7. The molecule has 0 saturated carbocycles. The first-order valence-corrected chi connectivity index (χ1v) is 10.9. The summed E-state index contributed by atoms with van der Waals surface area (Å²) < 4.78 is 43.5. The molecular formula is C24H21F3N2OS. The lowest BCUT2D eigenvalue weighted by molar-refractivity contribution is -0.274. The van der Waals surface area contributed by atoms with Crippen molar-refractivity contribution in [3.8, 4) is 17.1 Å². The molecule has 3 nitrogen and oxygen atoms in total. The zero-order valence-electron chi connectivity index (χ0n) is 16.9. The molecule has 0 aliphatic rings. The van der Waals surface area contributed by atoms with E-state index in [2.05, 4.69) is 28.4 Å². The topological polar surface area (TPSA) is 27.1 Å². The predicted molar refractivity (Wildman–Crippen MR) is 118 cm³/mol. The fraction of sp³-hybridized carbons (Fsp3) is 0.208. The van der Waals surface area contributed by atoms with Gasteiger partial charge in [-0.05, 0) is 48.1 Å². The summed E-state index contributed by atoms with van der Waals surface area (Å²) in [6, 6.07) is 22.1. The maximum atomic E-state index is 12.5. The van der Waals surface area contributed by atoms with Crippen LogP contribution >= 0.6 is 11.8 Å². The molecule has 0 fully saturated rings. The first-order chi connectivity index (χ1) is 14.9. The average molecular weight is 443 g/mol. The van der Waals surface area contributed by atoms with E-state index >= 15 is 0 Å². The predicted octanol–water partition coefficient (Wildman–Crippen LogP) is 7.15. The zero-order valence-corrected chi connectivity index (χ0v) is 17.7. The van der Waals surface area contributed by atoms with Crippen LogP contribution in [0.5, 0.6) is 5.75 Å². The van der Waals surface area contributed by atoms with E-state index in [0.717, 1.165) is 40.2 Å². The van der Waals surface area contributed by atoms with Crippen LogP contribution in [0.25, 0.3) is 22.4 Å². The van der Waals surface area contributed by atoms with Crippen molar-refractivity contribution >= 4 is 22.8 Å². The monoisotopic (exact) mass is 442 g/mol. The van der Waals surface area contributed by atoms with Gasteiger partial charge >= 0.3 is 6.36 Å². The van der Waals surface area contributed by atoms with Crippen LogP contribution in [0.15, 0.2) is 77.7 Å². The minimum atomic E-state index is -4.70. The van der Waals surface area contributed by atoms with Crippen LogP contribution in [0.4, 0.5) is 13.2 Å². The normalized spacial score (nSPS) is 11.7. The Morgan fingerprint density at radius 1 is 0.968 bits per heavy atom. The van der Waals surface area contributed by atoms with Crippen LogP contribution in [0.3, 0.4) is 0 Å². The molecule has 3 aromatic carbocycles. The fourth-order valence-corrected chi connectivity index (χ4v) is 4.16. The van der Waals surface area contributed by atoms with Gasteiger partial charge in [0, 0.05) is 17.0 Å². The summed E-state index contributed by atoms with van der Waals surface area (Å²) in [6.07, 6.45) is -3.61. The third-order valence-electron chi connectivity index (χ3n) is 4.72. The second-order valence-corrected chi connectivity index (χ2v) is 8.25. The lowest BCUT2D eigenvalue weighted by atomic mass is 10.2. The molecule has 0 radical (unpaired) electrons. The number of nitrogens with zero attached hydrogens (tertiary/aromatic N) is 2. The molecular weight excluding hydrogens is 421 g/mol. The van der Waals surface area contributed by atoms with Crippen molar-refractivity contribution in [3.05, 3.63) is 78.4 Å². The van der Waals surface area contributed by atoms with Crippen molar-refractivity contribution in [1.29, 1.82) is 0 Å². The highest BCUT2D eigenvalue weighted by atomic mass is 32.2. The maximum Gasteiger partial charge on any atom is 0.573 e. The molecule has 160 valence electrons. The summed E-state index contributed by atoms with van der Waals surface area (Å²) in [7, 11) is 0.